The van der Waals surface area contributed by atoms with Gasteiger partial charge in [0.2, 0.25) is 5.95 Å². The van der Waals surface area contributed by atoms with E-state index in [1.54, 1.807) is 0 Å². The summed E-state index contributed by atoms with van der Waals surface area (Å²) >= 11 is 0. The van der Waals surface area contributed by atoms with Crippen molar-refractivity contribution in [3.05, 3.63) is 47.7 Å². The lowest BCUT2D eigenvalue weighted by molar-refractivity contribution is 0.854. The Morgan fingerprint density at radius 1 is 1.16 bits per heavy atom. The number of aryl methyl sites for hydroxylation is 1. The second kappa shape index (κ2) is 6.18. The van der Waals surface area contributed by atoms with E-state index in [0.29, 0.717) is 5.95 Å². The third-order valence-electron chi connectivity index (χ3n) is 3.03. The van der Waals surface area contributed by atoms with Crippen LogP contribution >= 0.6 is 0 Å². The number of hydrogen-bond acceptors (Lipinski definition) is 4. The number of benzene rings is 1. The molecular weight excluding hydrogens is 236 g/mol. The second-order valence-corrected chi connectivity index (χ2v) is 4.60. The molecule has 2 aromatic rings. The summed E-state index contributed by atoms with van der Waals surface area (Å²) in [4.78, 5) is 10.9. The van der Waals surface area contributed by atoms with E-state index in [2.05, 4.69) is 51.5 Å². The van der Waals surface area contributed by atoms with Crippen LogP contribution in [0.2, 0.25) is 0 Å². The highest BCUT2D eigenvalue weighted by molar-refractivity contribution is 5.44. The third kappa shape index (κ3) is 3.68. The Morgan fingerprint density at radius 2 is 1.89 bits per heavy atom. The molecule has 1 heterocycles. The molecule has 1 aromatic carbocycles. The minimum absolute atomic E-state index is 0.668. The molecule has 0 radical (unpaired) electrons. The van der Waals surface area contributed by atoms with Crippen molar-refractivity contribution < 1.29 is 0 Å². The van der Waals surface area contributed by atoms with Gasteiger partial charge in [0.25, 0.3) is 0 Å². The molecule has 2 rings (SSSR count). The summed E-state index contributed by atoms with van der Waals surface area (Å²) in [7, 11) is 3.90. The molecule has 1 aromatic heterocycles. The van der Waals surface area contributed by atoms with Crippen LogP contribution in [0, 0.1) is 6.92 Å². The van der Waals surface area contributed by atoms with E-state index in [9.17, 15) is 0 Å². The fourth-order valence-electron chi connectivity index (χ4n) is 1.92. The predicted octanol–water partition coefficient (Wildman–Crippen LogP) is 2.51. The van der Waals surface area contributed by atoms with Gasteiger partial charge in [-0.1, -0.05) is 30.3 Å². The second-order valence-electron chi connectivity index (χ2n) is 4.60. The zero-order chi connectivity index (χ0) is 13.7. The molecule has 0 bridgehead atoms. The summed E-state index contributed by atoms with van der Waals surface area (Å²) in [6.45, 7) is 2.92. The molecule has 100 valence electrons. The van der Waals surface area contributed by atoms with Crippen molar-refractivity contribution in [3.63, 3.8) is 0 Å². The first kappa shape index (κ1) is 13.3. The number of anilines is 2. The van der Waals surface area contributed by atoms with Crippen molar-refractivity contribution in [3.8, 4) is 0 Å². The predicted molar refractivity (Wildman–Crippen MR) is 79.7 cm³/mol. The van der Waals surface area contributed by atoms with Crippen molar-refractivity contribution >= 4 is 11.8 Å². The summed E-state index contributed by atoms with van der Waals surface area (Å²) in [5.41, 5.74) is 2.31. The first-order valence-corrected chi connectivity index (χ1v) is 6.47. The normalized spacial score (nSPS) is 10.3. The van der Waals surface area contributed by atoms with E-state index in [4.69, 9.17) is 0 Å². The maximum absolute atomic E-state index is 4.47. The fraction of sp³-hybridized carbons (Fsp3) is 0.333. The summed E-state index contributed by atoms with van der Waals surface area (Å²) in [5, 5.41) is 2.99. The van der Waals surface area contributed by atoms with Gasteiger partial charge in [-0.25, -0.2) is 4.98 Å². The molecule has 0 unspecified atom stereocenters. The lowest BCUT2D eigenvalue weighted by Gasteiger charge is -2.19. The van der Waals surface area contributed by atoms with E-state index in [1.807, 2.05) is 26.1 Å². The van der Waals surface area contributed by atoms with Crippen molar-refractivity contribution in [1.29, 1.82) is 0 Å². The number of hydrogen-bond donors (Lipinski definition) is 1. The zero-order valence-electron chi connectivity index (χ0n) is 11.7. The van der Waals surface area contributed by atoms with Crippen LogP contribution in [0.4, 0.5) is 11.8 Å². The van der Waals surface area contributed by atoms with Gasteiger partial charge in [-0.15, -0.1) is 0 Å². The Hall–Kier alpha value is -2.10. The fourth-order valence-corrected chi connectivity index (χ4v) is 1.92. The highest BCUT2D eigenvalue weighted by atomic mass is 15.2. The number of nitrogens with one attached hydrogen (secondary N) is 1. The van der Waals surface area contributed by atoms with Gasteiger partial charge in [0.1, 0.15) is 5.82 Å². The summed E-state index contributed by atoms with van der Waals surface area (Å²) in [6, 6.07) is 12.5. The molecule has 1 N–H and O–H groups in total. The molecule has 4 heteroatoms. The van der Waals surface area contributed by atoms with Gasteiger partial charge in [0.15, 0.2) is 0 Å². The molecule has 0 aliphatic heterocycles. The van der Waals surface area contributed by atoms with Gasteiger partial charge < -0.3 is 10.2 Å². The van der Waals surface area contributed by atoms with Crippen LogP contribution in [0.1, 0.15) is 11.3 Å². The van der Waals surface area contributed by atoms with E-state index in [0.717, 1.165) is 24.5 Å². The van der Waals surface area contributed by atoms with E-state index >= 15 is 0 Å². The Morgan fingerprint density at radius 3 is 2.58 bits per heavy atom. The summed E-state index contributed by atoms with van der Waals surface area (Å²) in [6.07, 6.45) is 1.01. The highest BCUT2D eigenvalue weighted by Gasteiger charge is 2.06. The first-order valence-electron chi connectivity index (χ1n) is 6.47. The van der Waals surface area contributed by atoms with Crippen molar-refractivity contribution in [1.82, 2.24) is 9.97 Å². The zero-order valence-corrected chi connectivity index (χ0v) is 11.7. The SMILES string of the molecule is CNc1nc(C)cc(N(C)CCc2ccccc2)n1. The van der Waals surface area contributed by atoms with Crippen LogP contribution in [-0.4, -0.2) is 30.6 Å². The van der Waals surface area contributed by atoms with Crippen LogP contribution in [0.5, 0.6) is 0 Å². The summed E-state index contributed by atoms with van der Waals surface area (Å²) in [5.74, 6) is 1.62. The number of likely N-dealkylation sites (N-methyl/N-ethyl adjacent to an activating group) is 1. The highest BCUT2D eigenvalue weighted by Crippen LogP contribution is 2.13. The molecular formula is C15H20N4. The molecule has 0 fully saturated rings. The topological polar surface area (TPSA) is 41.1 Å². The Balaban J connectivity index is 2.03. The van der Waals surface area contributed by atoms with E-state index in [-0.39, 0.29) is 0 Å². The van der Waals surface area contributed by atoms with Gasteiger partial charge >= 0.3 is 0 Å². The van der Waals surface area contributed by atoms with E-state index < -0.39 is 0 Å². The van der Waals surface area contributed by atoms with Crippen LogP contribution in [0.15, 0.2) is 36.4 Å². The minimum Gasteiger partial charge on any atom is -0.359 e. The Labute approximate surface area is 114 Å². The molecule has 0 aliphatic rings. The Bertz CT molecular complexity index is 525. The van der Waals surface area contributed by atoms with Gasteiger partial charge in [-0.3, -0.25) is 0 Å². The molecule has 4 nitrogen and oxygen atoms in total. The molecule has 0 spiro atoms. The number of nitrogens with zero attached hydrogens (tertiary/aromatic N) is 3. The molecule has 0 saturated carbocycles. The van der Waals surface area contributed by atoms with E-state index in [1.165, 1.54) is 5.56 Å². The molecule has 0 aliphatic carbocycles. The molecule has 0 saturated heterocycles. The Kier molecular flexibility index (Phi) is 4.34. The van der Waals surface area contributed by atoms with Crippen molar-refractivity contribution in [2.24, 2.45) is 0 Å². The minimum atomic E-state index is 0.668. The monoisotopic (exact) mass is 256 g/mol. The van der Waals surface area contributed by atoms with Crippen molar-refractivity contribution in [2.45, 2.75) is 13.3 Å². The standard InChI is InChI=1S/C15H20N4/c1-12-11-14(18-15(16-2)17-12)19(3)10-9-13-7-5-4-6-8-13/h4-8,11H,9-10H2,1-3H3,(H,16,17,18). The quantitative estimate of drug-likeness (QED) is 0.892. The number of rotatable bonds is 5. The lowest BCUT2D eigenvalue weighted by atomic mass is 10.1. The molecule has 0 amide bonds. The third-order valence-corrected chi connectivity index (χ3v) is 3.03. The van der Waals surface area contributed by atoms with Gasteiger partial charge in [-0.05, 0) is 18.9 Å². The van der Waals surface area contributed by atoms with Crippen LogP contribution in [0.3, 0.4) is 0 Å². The lowest BCUT2D eigenvalue weighted by Crippen LogP contribution is -2.22. The largest absolute Gasteiger partial charge is 0.359 e. The summed E-state index contributed by atoms with van der Waals surface area (Å²) < 4.78 is 0. The molecule has 0 atom stereocenters. The smallest absolute Gasteiger partial charge is 0.224 e. The van der Waals surface area contributed by atoms with Gasteiger partial charge in [0, 0.05) is 32.4 Å². The average Bonchev–Trinajstić information content (AvgIpc) is 2.45. The maximum atomic E-state index is 4.47. The van der Waals surface area contributed by atoms with Gasteiger partial charge in [0.05, 0.1) is 0 Å². The number of aromatic nitrogens is 2. The van der Waals surface area contributed by atoms with Crippen LogP contribution in [-0.2, 0) is 6.42 Å². The maximum Gasteiger partial charge on any atom is 0.224 e. The average molecular weight is 256 g/mol. The van der Waals surface area contributed by atoms with Crippen LogP contribution < -0.4 is 10.2 Å². The first-order chi connectivity index (χ1) is 9.19. The molecule has 19 heavy (non-hydrogen) atoms. The van der Waals surface area contributed by atoms with Gasteiger partial charge in [-0.2, -0.15) is 4.98 Å². The van der Waals surface area contributed by atoms with Crippen molar-refractivity contribution in [2.75, 3.05) is 30.9 Å². The van der Waals surface area contributed by atoms with Crippen LogP contribution in [0.25, 0.3) is 0 Å².